The van der Waals surface area contributed by atoms with Gasteiger partial charge in [0.1, 0.15) is 32.4 Å². The standard InChI is InChI=1S/C44H62N12O20/c1-21(57)53-31-25(55-40(45)46)15-27(38(60)65-3)71-35(31)33(29-17-67-43(63)73-29)75-42(62)52-14-6-11-49-19-69-24-9-7-23(8-10-24)37(59)51-13-5-12-50-20-70-76-34(30-18-68-44(64)74-30)36-32(54-22(2)58)26(56-41(47)48)16-28(72-36)39(61)66-4/h7-10,15-16,25-26,29-36,49-50H,5-6,11-14,17-20H2,1-4H3,(H,51,59)(H,52,62)(H,53,57)(H,54,58)(H4,45,46,55)(H4,47,48,56)/t25-,26-,29+,30+,31+,32+,33+,34+,35+,36+/m0/s1. The molecule has 0 bridgehead atoms. The second-order valence-electron chi connectivity index (χ2n) is 16.7. The van der Waals surface area contributed by atoms with E-state index in [0.717, 1.165) is 14.2 Å². The zero-order valence-corrected chi connectivity index (χ0v) is 41.6. The fraction of sp³-hybridized carbons (Fsp3) is 0.545. The largest absolute Gasteiger partial charge is 0.508 e. The van der Waals surface area contributed by atoms with Gasteiger partial charge in [-0.1, -0.05) is 0 Å². The molecular weight excluding hydrogens is 1020 g/mol. The van der Waals surface area contributed by atoms with E-state index in [1.54, 1.807) is 24.3 Å². The molecule has 4 heterocycles. The molecule has 0 aliphatic carbocycles. The Labute approximate surface area is 433 Å². The number of alkyl carbamates (subject to hydrolysis) is 1. The molecule has 32 nitrogen and oxygen atoms in total. The van der Waals surface area contributed by atoms with Gasteiger partial charge in [-0.3, -0.25) is 35.8 Å². The zero-order chi connectivity index (χ0) is 55.3. The van der Waals surface area contributed by atoms with E-state index < -0.39 is 115 Å². The maximum absolute atomic E-state index is 13.1. The summed E-state index contributed by atoms with van der Waals surface area (Å²) in [6.45, 7) is 2.76. The summed E-state index contributed by atoms with van der Waals surface area (Å²) in [5, 5.41) is 37.5. The van der Waals surface area contributed by atoms with Gasteiger partial charge in [0.2, 0.25) is 23.3 Å². The van der Waals surface area contributed by atoms with Gasteiger partial charge in [0.25, 0.3) is 5.91 Å². The number of cyclic esters (lactones) is 4. The van der Waals surface area contributed by atoms with Crippen LogP contribution < -0.4 is 58.7 Å². The maximum atomic E-state index is 13.1. The van der Waals surface area contributed by atoms with Crippen LogP contribution in [0.25, 0.3) is 0 Å². The van der Waals surface area contributed by atoms with Gasteiger partial charge in [-0.15, -0.1) is 0 Å². The number of nitrogens with one attached hydrogen (secondary N) is 10. The third kappa shape index (κ3) is 17.7. The Bertz CT molecular complexity index is 2320. The highest BCUT2D eigenvalue weighted by Crippen LogP contribution is 2.30. The van der Waals surface area contributed by atoms with Gasteiger partial charge in [0.15, 0.2) is 48.5 Å². The lowest BCUT2D eigenvalue weighted by atomic mass is 9.91. The van der Waals surface area contributed by atoms with Crippen molar-refractivity contribution in [1.82, 2.24) is 42.5 Å². The number of methoxy groups -OCH3 is 2. The minimum absolute atomic E-state index is 0.0731. The molecule has 10 atom stereocenters. The molecule has 0 spiro atoms. The number of guanidine groups is 2. The first kappa shape index (κ1) is 58.5. The number of benzene rings is 1. The Morgan fingerprint density at radius 3 is 1.62 bits per heavy atom. The van der Waals surface area contributed by atoms with Crippen LogP contribution in [-0.2, 0) is 71.6 Å². The van der Waals surface area contributed by atoms with Gasteiger partial charge in [0, 0.05) is 32.5 Å². The zero-order valence-electron chi connectivity index (χ0n) is 41.6. The van der Waals surface area contributed by atoms with E-state index in [9.17, 15) is 38.4 Å². The highest BCUT2D eigenvalue weighted by molar-refractivity contribution is 5.94. The van der Waals surface area contributed by atoms with E-state index in [1.165, 1.54) is 26.0 Å². The second kappa shape index (κ2) is 28.9. The van der Waals surface area contributed by atoms with Gasteiger partial charge in [-0.05, 0) is 62.3 Å². The lowest BCUT2D eigenvalue weighted by molar-refractivity contribution is -0.355. The van der Waals surface area contributed by atoms with Gasteiger partial charge in [-0.2, -0.15) is 0 Å². The van der Waals surface area contributed by atoms with E-state index in [2.05, 4.69) is 42.5 Å². The SMILES string of the molecule is COC(=O)C1=C[C@H](NC(=N)N)[C@@H](NC(C)=O)[C@H]([C@H](OOCNCCCNC(=O)c2ccc(OCNCCCNC(=O)O[C@@H]([C@@H]3OC(C(=O)OC)=C[C@H](NC(=N)N)[C@H]3NC(C)=O)[C@H]3COC(=O)O3)cc2)[C@H]2COC(=O)O2)O1. The Kier molecular flexibility index (Phi) is 22.3. The van der Waals surface area contributed by atoms with Crippen LogP contribution in [-0.4, -0.2) is 188 Å². The fourth-order valence-electron chi connectivity index (χ4n) is 7.78. The number of esters is 2. The van der Waals surface area contributed by atoms with Crippen LogP contribution >= 0.6 is 0 Å². The summed E-state index contributed by atoms with van der Waals surface area (Å²) >= 11 is 0. The molecule has 1 aromatic rings. The molecule has 4 aliphatic heterocycles. The minimum Gasteiger partial charge on any atom is -0.478 e. The molecule has 0 aromatic heterocycles. The van der Waals surface area contributed by atoms with Crippen molar-refractivity contribution < 1.29 is 95.5 Å². The highest BCUT2D eigenvalue weighted by Gasteiger charge is 2.51. The van der Waals surface area contributed by atoms with Crippen LogP contribution in [0.3, 0.4) is 0 Å². The normalized spacial score (nSPS) is 23.2. The molecule has 32 heteroatoms. The molecule has 0 saturated carbocycles. The summed E-state index contributed by atoms with van der Waals surface area (Å²) < 4.78 is 53.0. The first-order chi connectivity index (χ1) is 36.4. The molecular formula is C44H62N12O20. The molecule has 2 fully saturated rings. The third-order valence-corrected chi connectivity index (χ3v) is 11.1. The first-order valence-corrected chi connectivity index (χ1v) is 23.4. The van der Waals surface area contributed by atoms with Crippen molar-refractivity contribution in [2.24, 2.45) is 11.5 Å². The first-order valence-electron chi connectivity index (χ1n) is 23.4. The Hall–Kier alpha value is -8.36. The number of amides is 4. The van der Waals surface area contributed by atoms with Crippen molar-refractivity contribution in [3.05, 3.63) is 53.5 Å². The monoisotopic (exact) mass is 1080 g/mol. The quantitative estimate of drug-likeness (QED) is 0.00602. The van der Waals surface area contributed by atoms with Crippen molar-refractivity contribution >= 4 is 60.0 Å². The Balaban J connectivity index is 1.01. The molecule has 0 radical (unpaired) electrons. The summed E-state index contributed by atoms with van der Waals surface area (Å²) in [4.78, 5) is 110. The van der Waals surface area contributed by atoms with Crippen LogP contribution in [0.5, 0.6) is 5.75 Å². The summed E-state index contributed by atoms with van der Waals surface area (Å²) in [7, 11) is 2.23. The smallest absolute Gasteiger partial charge is 0.478 e. The number of carbonyl (C=O) groups is 8. The molecule has 2 saturated heterocycles. The average molecular weight is 1080 g/mol. The predicted molar refractivity (Wildman–Crippen MR) is 254 cm³/mol. The van der Waals surface area contributed by atoms with E-state index in [-0.39, 0.29) is 57.2 Å². The van der Waals surface area contributed by atoms with Crippen molar-refractivity contribution in [1.29, 1.82) is 10.8 Å². The average Bonchev–Trinajstić information content (AvgIpc) is 4.02. The number of rotatable bonds is 27. The second-order valence-corrected chi connectivity index (χ2v) is 16.7. The van der Waals surface area contributed by atoms with E-state index in [1.807, 2.05) is 0 Å². The predicted octanol–water partition coefficient (Wildman–Crippen LogP) is -3.22. The summed E-state index contributed by atoms with van der Waals surface area (Å²) in [6, 6.07) is 2.20. The Morgan fingerprint density at radius 2 is 1.14 bits per heavy atom. The van der Waals surface area contributed by atoms with Crippen LogP contribution in [0.4, 0.5) is 14.4 Å². The number of nitrogens with two attached hydrogens (primary N) is 2. The fourth-order valence-corrected chi connectivity index (χ4v) is 7.78. The van der Waals surface area contributed by atoms with Crippen LogP contribution in [0.15, 0.2) is 47.9 Å². The van der Waals surface area contributed by atoms with Crippen molar-refractivity contribution in [3.8, 4) is 5.75 Å². The van der Waals surface area contributed by atoms with Gasteiger partial charge in [-0.25, -0.2) is 33.7 Å². The molecule has 4 amide bonds. The molecule has 1 aromatic carbocycles. The van der Waals surface area contributed by atoms with E-state index >= 15 is 0 Å². The summed E-state index contributed by atoms with van der Waals surface area (Å²) in [5.41, 5.74) is 11.5. The van der Waals surface area contributed by atoms with Crippen LogP contribution in [0, 0.1) is 10.8 Å². The number of hydrogen-bond acceptors (Lipinski definition) is 24. The lowest BCUT2D eigenvalue weighted by Crippen LogP contribution is -2.64. The molecule has 0 unspecified atom stereocenters. The molecule has 5 rings (SSSR count). The van der Waals surface area contributed by atoms with Gasteiger partial charge in [0.05, 0.1) is 38.4 Å². The highest BCUT2D eigenvalue weighted by atomic mass is 17.2. The van der Waals surface area contributed by atoms with Crippen molar-refractivity contribution in [3.63, 3.8) is 0 Å². The van der Waals surface area contributed by atoms with Crippen LogP contribution in [0.1, 0.15) is 37.0 Å². The number of hydrogen-bond donors (Lipinski definition) is 12. The summed E-state index contributed by atoms with van der Waals surface area (Å²) in [5.74, 6) is -4.41. The van der Waals surface area contributed by atoms with Crippen molar-refractivity contribution in [2.45, 2.75) is 87.5 Å². The minimum atomic E-state index is -1.46. The van der Waals surface area contributed by atoms with Crippen molar-refractivity contribution in [2.75, 3.05) is 67.1 Å². The molecule has 76 heavy (non-hydrogen) atoms. The van der Waals surface area contributed by atoms with Gasteiger partial charge < -0.3 is 90.7 Å². The molecule has 14 N–H and O–H groups in total. The van der Waals surface area contributed by atoms with Crippen LogP contribution in [0.2, 0.25) is 0 Å². The van der Waals surface area contributed by atoms with E-state index in [4.69, 9.17) is 79.4 Å². The maximum Gasteiger partial charge on any atom is 0.508 e. The molecule has 4 aliphatic rings. The number of ether oxygens (including phenoxy) is 10. The summed E-state index contributed by atoms with van der Waals surface area (Å²) in [6.07, 6.45) is -7.44. The van der Waals surface area contributed by atoms with Gasteiger partial charge >= 0.3 is 30.3 Å². The number of carbonyl (C=O) groups excluding carboxylic acids is 8. The van der Waals surface area contributed by atoms with E-state index in [0.29, 0.717) is 37.2 Å². The third-order valence-electron chi connectivity index (χ3n) is 11.1. The lowest BCUT2D eigenvalue weighted by Gasteiger charge is -2.41. The Morgan fingerprint density at radius 1 is 0.658 bits per heavy atom. The molecule has 418 valence electrons. The topological polar surface area (TPSA) is 443 Å².